The lowest BCUT2D eigenvalue weighted by Gasteiger charge is -2.32. The van der Waals surface area contributed by atoms with E-state index < -0.39 is 22.0 Å². The van der Waals surface area contributed by atoms with E-state index >= 15 is 0 Å². The Balaban J connectivity index is 1.41. The van der Waals surface area contributed by atoms with Gasteiger partial charge in [-0.25, -0.2) is 8.78 Å². The summed E-state index contributed by atoms with van der Waals surface area (Å²) in [6.45, 7) is 3.06. The van der Waals surface area contributed by atoms with Crippen molar-refractivity contribution in [2.24, 2.45) is 11.8 Å². The monoisotopic (exact) mass is 506 g/mol. The second-order valence-corrected chi connectivity index (χ2v) is 10.5. The summed E-state index contributed by atoms with van der Waals surface area (Å²) < 4.78 is 61.1. The first kappa shape index (κ1) is 25.0. The zero-order chi connectivity index (χ0) is 22.4. The van der Waals surface area contributed by atoms with Gasteiger partial charge in [-0.1, -0.05) is 45.4 Å². The molecule has 0 amide bonds. The van der Waals surface area contributed by atoms with Crippen LogP contribution in [0.5, 0.6) is 0 Å². The summed E-state index contributed by atoms with van der Waals surface area (Å²) in [6.07, 6.45) is 13.9. The molecule has 0 atom stereocenters. The highest BCUT2D eigenvalue weighted by molar-refractivity contribution is 9.09. The first-order valence-corrected chi connectivity index (χ1v) is 12.7. The number of unbranched alkanes of at least 4 members (excludes halogenated alkanes) is 2. The van der Waals surface area contributed by atoms with Crippen LogP contribution in [0.2, 0.25) is 0 Å². The molecule has 0 aliphatic heterocycles. The van der Waals surface area contributed by atoms with Crippen LogP contribution in [0.15, 0.2) is 12.1 Å². The lowest BCUT2D eigenvalue weighted by atomic mass is 9.80. The molecule has 0 N–H and O–H groups in total. The van der Waals surface area contributed by atoms with Crippen LogP contribution >= 0.6 is 15.9 Å². The summed E-state index contributed by atoms with van der Waals surface area (Å²) in [4.78, 5) is -3.71. The largest absolute Gasteiger partial charge is 0.378 e. The van der Waals surface area contributed by atoms with Crippen LogP contribution in [0.4, 0.5) is 17.6 Å². The van der Waals surface area contributed by atoms with Crippen molar-refractivity contribution < 1.29 is 22.3 Å². The molecule has 0 bridgehead atoms. The highest BCUT2D eigenvalue weighted by Gasteiger charge is 2.36. The molecule has 1 aromatic carbocycles. The molecule has 2 saturated carbocycles. The first-order chi connectivity index (χ1) is 14.8. The van der Waals surface area contributed by atoms with Gasteiger partial charge < -0.3 is 4.74 Å². The zero-order valence-electron chi connectivity index (χ0n) is 18.5. The zero-order valence-corrected chi connectivity index (χ0v) is 20.0. The van der Waals surface area contributed by atoms with Gasteiger partial charge in [0.05, 0.1) is 6.10 Å². The van der Waals surface area contributed by atoms with Crippen LogP contribution in [0.3, 0.4) is 0 Å². The number of halogens is 5. The molecule has 1 nitrogen and oxygen atoms in total. The van der Waals surface area contributed by atoms with Gasteiger partial charge in [0.2, 0.25) is 0 Å². The van der Waals surface area contributed by atoms with Crippen LogP contribution in [0.25, 0.3) is 0 Å². The van der Waals surface area contributed by atoms with Gasteiger partial charge in [0.15, 0.2) is 0 Å². The van der Waals surface area contributed by atoms with Gasteiger partial charge in [0.25, 0.3) is 0 Å². The van der Waals surface area contributed by atoms with E-state index in [2.05, 4.69) is 22.9 Å². The van der Waals surface area contributed by atoms with Crippen molar-refractivity contribution in [2.75, 3.05) is 6.61 Å². The second kappa shape index (κ2) is 11.5. The molecule has 2 fully saturated rings. The highest BCUT2D eigenvalue weighted by Crippen LogP contribution is 2.41. The van der Waals surface area contributed by atoms with Gasteiger partial charge in [-0.15, -0.1) is 0 Å². The van der Waals surface area contributed by atoms with E-state index in [0.717, 1.165) is 50.3 Å². The Kier molecular flexibility index (Phi) is 9.27. The number of ether oxygens (including phenoxy) is 1. The van der Waals surface area contributed by atoms with Crippen LogP contribution in [0, 0.1) is 23.5 Å². The Morgan fingerprint density at radius 3 is 2.03 bits per heavy atom. The molecule has 0 saturated heterocycles. The average molecular weight is 507 g/mol. The summed E-state index contributed by atoms with van der Waals surface area (Å²) in [5.74, 6) is -0.849. The molecule has 1 aromatic rings. The number of alkyl halides is 3. The minimum absolute atomic E-state index is 0.0135. The van der Waals surface area contributed by atoms with E-state index in [1.165, 1.54) is 51.4 Å². The predicted molar refractivity (Wildman–Crippen MR) is 120 cm³/mol. The summed E-state index contributed by atoms with van der Waals surface area (Å²) in [5, 5.41) is 0. The minimum Gasteiger partial charge on any atom is -0.378 e. The third kappa shape index (κ3) is 7.18. The van der Waals surface area contributed by atoms with E-state index in [-0.39, 0.29) is 12.0 Å². The SMILES string of the molecule is CCCCCC1CCC(COC2CCC(c3cc(F)c(C(F)(F)Br)c(F)c3)CC2)CC1. The fourth-order valence-electron chi connectivity index (χ4n) is 5.30. The molecule has 2 aliphatic rings. The smallest absolute Gasteiger partial charge is 0.332 e. The lowest BCUT2D eigenvalue weighted by molar-refractivity contribution is -0.00486. The summed E-state index contributed by atoms with van der Waals surface area (Å²) in [7, 11) is 0. The van der Waals surface area contributed by atoms with Gasteiger partial charge in [0, 0.05) is 6.61 Å². The molecular weight excluding hydrogens is 472 g/mol. The van der Waals surface area contributed by atoms with Crippen molar-refractivity contribution in [1.82, 2.24) is 0 Å². The standard InChI is InChI=1S/C25H35BrF4O/c1-2-3-4-5-17-6-8-18(9-7-17)16-31-21-12-10-19(11-13-21)20-14-22(27)24(23(28)15-20)25(26,29)30/h14-15,17-19,21H,2-13,16H2,1H3. The topological polar surface area (TPSA) is 9.23 Å². The molecule has 2 aliphatic carbocycles. The fourth-order valence-corrected chi connectivity index (χ4v) is 5.68. The predicted octanol–water partition coefficient (Wildman–Crippen LogP) is 8.84. The van der Waals surface area contributed by atoms with Gasteiger partial charge in [-0.3, -0.25) is 0 Å². The van der Waals surface area contributed by atoms with E-state index in [4.69, 9.17) is 4.74 Å². The maximum atomic E-state index is 14.1. The van der Waals surface area contributed by atoms with Crippen LogP contribution in [-0.4, -0.2) is 12.7 Å². The molecule has 0 radical (unpaired) electrons. The molecule has 0 aromatic heterocycles. The van der Waals surface area contributed by atoms with Gasteiger partial charge in [-0.05, 0) is 89.9 Å². The normalized spacial score (nSPS) is 27.4. The lowest BCUT2D eigenvalue weighted by Crippen LogP contribution is -2.25. The van der Waals surface area contributed by atoms with Crippen molar-refractivity contribution in [2.45, 2.75) is 101 Å². The molecule has 3 rings (SSSR count). The van der Waals surface area contributed by atoms with Crippen molar-refractivity contribution in [3.8, 4) is 0 Å². The molecule has 31 heavy (non-hydrogen) atoms. The maximum Gasteiger partial charge on any atom is 0.332 e. The number of hydrogen-bond acceptors (Lipinski definition) is 1. The maximum absolute atomic E-state index is 14.1. The van der Waals surface area contributed by atoms with Crippen LogP contribution < -0.4 is 0 Å². The number of hydrogen-bond donors (Lipinski definition) is 0. The Bertz CT molecular complexity index is 666. The minimum atomic E-state index is -3.71. The summed E-state index contributed by atoms with van der Waals surface area (Å²) >= 11 is 2.05. The fraction of sp³-hybridized carbons (Fsp3) is 0.760. The van der Waals surface area contributed by atoms with E-state index in [9.17, 15) is 17.6 Å². The number of rotatable bonds is 9. The second-order valence-electron chi connectivity index (χ2n) is 9.55. The number of benzene rings is 1. The van der Waals surface area contributed by atoms with Crippen molar-refractivity contribution >= 4 is 15.9 Å². The Morgan fingerprint density at radius 2 is 1.48 bits per heavy atom. The van der Waals surface area contributed by atoms with Crippen LogP contribution in [0.1, 0.15) is 101 Å². The Morgan fingerprint density at radius 1 is 0.903 bits per heavy atom. The molecule has 0 spiro atoms. The first-order valence-electron chi connectivity index (χ1n) is 12.0. The quantitative estimate of drug-likeness (QED) is 0.184. The van der Waals surface area contributed by atoms with E-state index in [1.807, 2.05) is 0 Å². The highest BCUT2D eigenvalue weighted by atomic mass is 79.9. The van der Waals surface area contributed by atoms with Gasteiger partial charge in [-0.2, -0.15) is 8.78 Å². The van der Waals surface area contributed by atoms with Crippen molar-refractivity contribution in [1.29, 1.82) is 0 Å². The van der Waals surface area contributed by atoms with Crippen LogP contribution in [-0.2, 0) is 9.57 Å². The molecular formula is C25H35BrF4O. The Hall–Kier alpha value is -0.620. The van der Waals surface area contributed by atoms with Crippen molar-refractivity contribution in [3.05, 3.63) is 34.9 Å². The Labute approximate surface area is 192 Å². The summed E-state index contributed by atoms with van der Waals surface area (Å²) in [6, 6.07) is 2.14. The van der Waals surface area contributed by atoms with E-state index in [1.54, 1.807) is 0 Å². The van der Waals surface area contributed by atoms with Gasteiger partial charge in [0.1, 0.15) is 17.2 Å². The average Bonchev–Trinajstić information content (AvgIpc) is 2.72. The van der Waals surface area contributed by atoms with Crippen molar-refractivity contribution in [3.63, 3.8) is 0 Å². The molecule has 176 valence electrons. The third-order valence-corrected chi connectivity index (χ3v) is 7.64. The third-order valence-electron chi connectivity index (χ3n) is 7.24. The van der Waals surface area contributed by atoms with E-state index in [0.29, 0.717) is 11.5 Å². The molecule has 0 heterocycles. The van der Waals surface area contributed by atoms with Gasteiger partial charge >= 0.3 is 4.83 Å². The summed E-state index contributed by atoms with van der Waals surface area (Å²) in [5.41, 5.74) is -0.747. The molecule has 0 unspecified atom stereocenters. The molecule has 6 heteroatoms.